The Kier molecular flexibility index (Phi) is 4.84. The molecule has 4 heteroatoms. The summed E-state index contributed by atoms with van der Waals surface area (Å²) in [7, 11) is 0. The van der Waals surface area contributed by atoms with Crippen molar-refractivity contribution in [3.63, 3.8) is 0 Å². The minimum Gasteiger partial charge on any atom is -0.352 e. The van der Waals surface area contributed by atoms with E-state index in [0.29, 0.717) is 6.61 Å². The van der Waals surface area contributed by atoms with E-state index >= 15 is 0 Å². The molecule has 0 aromatic heterocycles. The summed E-state index contributed by atoms with van der Waals surface area (Å²) in [5, 5.41) is -1.31. The van der Waals surface area contributed by atoms with E-state index in [9.17, 15) is 4.79 Å². The topological polar surface area (TPSA) is 26.3 Å². The van der Waals surface area contributed by atoms with Crippen molar-refractivity contribution in [2.24, 2.45) is 5.92 Å². The lowest BCUT2D eigenvalue weighted by molar-refractivity contribution is -0.112. The number of hydrogen-bond acceptors (Lipinski definition) is 2. The summed E-state index contributed by atoms with van der Waals surface area (Å²) < 4.78 is 5.48. The van der Waals surface area contributed by atoms with Gasteiger partial charge < -0.3 is 4.74 Å². The maximum absolute atomic E-state index is 10.8. The molecule has 2 nitrogen and oxygen atoms in total. The van der Waals surface area contributed by atoms with E-state index in [2.05, 4.69) is 6.92 Å². The highest BCUT2D eigenvalue weighted by Crippen LogP contribution is 2.27. The molecule has 0 atom stereocenters. The first-order chi connectivity index (χ1) is 7.07. The van der Waals surface area contributed by atoms with Crippen molar-refractivity contribution in [2.75, 3.05) is 6.61 Å². The summed E-state index contributed by atoms with van der Waals surface area (Å²) in [5.41, 5.74) is 0. The van der Waals surface area contributed by atoms with Crippen LogP contribution in [0.15, 0.2) is 24.3 Å². The number of rotatable bonds is 5. The van der Waals surface area contributed by atoms with Gasteiger partial charge in [0.2, 0.25) is 5.24 Å². The van der Waals surface area contributed by atoms with Crippen LogP contribution in [-0.2, 0) is 9.53 Å². The summed E-state index contributed by atoms with van der Waals surface area (Å²) in [6, 6.07) is 0. The second kappa shape index (κ2) is 5.69. The minimum absolute atomic E-state index is 0.381. The zero-order valence-corrected chi connectivity index (χ0v) is 10.1. The van der Waals surface area contributed by atoms with Crippen LogP contribution in [0.3, 0.4) is 0 Å². The van der Waals surface area contributed by atoms with Crippen LogP contribution in [0.5, 0.6) is 0 Å². The zero-order chi connectivity index (χ0) is 11.3. The highest BCUT2D eigenvalue weighted by atomic mass is 35.5. The minimum atomic E-state index is -0.905. The number of carbonyl (C=O) groups excluding carboxylic acids is 1. The van der Waals surface area contributed by atoms with Gasteiger partial charge in [0.15, 0.2) is 5.06 Å². The predicted octanol–water partition coefficient (Wildman–Crippen LogP) is 3.25. The lowest BCUT2D eigenvalue weighted by Crippen LogP contribution is -2.24. The summed E-state index contributed by atoms with van der Waals surface area (Å²) >= 11 is 11.5. The second-order valence-corrected chi connectivity index (χ2v) is 4.41. The number of alkyl halides is 1. The van der Waals surface area contributed by atoms with Crippen LogP contribution < -0.4 is 0 Å². The number of unbranched alkanes of at least 4 members (excludes halogenated alkanes) is 1. The van der Waals surface area contributed by atoms with Gasteiger partial charge in [0, 0.05) is 6.61 Å². The molecule has 0 fully saturated rings. The van der Waals surface area contributed by atoms with Crippen LogP contribution in [0.1, 0.15) is 19.8 Å². The summed E-state index contributed by atoms with van der Waals surface area (Å²) in [5.74, 6) is -0.381. The molecular formula is C11H14Cl2O2. The average Bonchev–Trinajstić information content (AvgIpc) is 2.18. The van der Waals surface area contributed by atoms with E-state index in [1.165, 1.54) is 0 Å². The van der Waals surface area contributed by atoms with E-state index in [1.54, 1.807) is 24.3 Å². The van der Waals surface area contributed by atoms with Crippen molar-refractivity contribution < 1.29 is 9.53 Å². The fourth-order valence-electron chi connectivity index (χ4n) is 1.21. The largest absolute Gasteiger partial charge is 0.352 e. The summed E-state index contributed by atoms with van der Waals surface area (Å²) in [6.45, 7) is 2.69. The number of ether oxygens (including phenoxy) is 1. The van der Waals surface area contributed by atoms with E-state index in [-0.39, 0.29) is 5.92 Å². The SMILES string of the molecule is CCCCOC1(Cl)C=CC(C(=O)Cl)C=C1. The maximum atomic E-state index is 10.8. The van der Waals surface area contributed by atoms with Gasteiger partial charge in [-0.2, -0.15) is 0 Å². The van der Waals surface area contributed by atoms with Gasteiger partial charge >= 0.3 is 0 Å². The van der Waals surface area contributed by atoms with Crippen molar-refractivity contribution in [1.29, 1.82) is 0 Å². The molecule has 1 rings (SSSR count). The Balaban J connectivity index is 2.49. The summed E-state index contributed by atoms with van der Waals surface area (Å²) in [6.07, 6.45) is 8.67. The Morgan fingerprint density at radius 3 is 2.53 bits per heavy atom. The van der Waals surface area contributed by atoms with Crippen molar-refractivity contribution in [2.45, 2.75) is 24.8 Å². The Bertz CT molecular complexity index is 270. The average molecular weight is 249 g/mol. The van der Waals surface area contributed by atoms with Gasteiger partial charge in [0.1, 0.15) is 0 Å². The molecule has 0 radical (unpaired) electrons. The third kappa shape index (κ3) is 3.98. The fourth-order valence-corrected chi connectivity index (χ4v) is 1.58. The molecule has 0 saturated carbocycles. The van der Waals surface area contributed by atoms with Crippen LogP contribution in [0, 0.1) is 5.92 Å². The highest BCUT2D eigenvalue weighted by Gasteiger charge is 2.26. The Hall–Kier alpha value is -0.310. The van der Waals surface area contributed by atoms with Gasteiger partial charge in [-0.05, 0) is 30.2 Å². The van der Waals surface area contributed by atoms with E-state index in [4.69, 9.17) is 27.9 Å². The molecule has 0 unspecified atom stereocenters. The number of hydrogen-bond donors (Lipinski definition) is 0. The molecule has 15 heavy (non-hydrogen) atoms. The maximum Gasteiger partial charge on any atom is 0.232 e. The van der Waals surface area contributed by atoms with Crippen LogP contribution in [0.25, 0.3) is 0 Å². The quantitative estimate of drug-likeness (QED) is 0.323. The molecule has 1 aliphatic carbocycles. The molecule has 0 aliphatic heterocycles. The Morgan fingerprint density at radius 2 is 2.07 bits per heavy atom. The van der Waals surface area contributed by atoms with E-state index in [1.807, 2.05) is 0 Å². The molecule has 0 N–H and O–H groups in total. The molecular weight excluding hydrogens is 235 g/mol. The number of carbonyl (C=O) groups is 1. The Morgan fingerprint density at radius 1 is 1.47 bits per heavy atom. The van der Waals surface area contributed by atoms with Gasteiger partial charge in [-0.15, -0.1) is 0 Å². The normalized spacial score (nSPS) is 29.4. The van der Waals surface area contributed by atoms with E-state index < -0.39 is 10.3 Å². The van der Waals surface area contributed by atoms with Gasteiger partial charge in [-0.25, -0.2) is 0 Å². The van der Waals surface area contributed by atoms with Gasteiger partial charge in [0.05, 0.1) is 5.92 Å². The van der Waals surface area contributed by atoms with E-state index in [0.717, 1.165) is 12.8 Å². The molecule has 0 saturated heterocycles. The predicted molar refractivity (Wildman–Crippen MR) is 62.1 cm³/mol. The first-order valence-electron chi connectivity index (χ1n) is 4.98. The molecule has 0 amide bonds. The molecule has 84 valence electrons. The fraction of sp³-hybridized carbons (Fsp3) is 0.545. The molecule has 0 heterocycles. The lowest BCUT2D eigenvalue weighted by Gasteiger charge is -2.23. The lowest BCUT2D eigenvalue weighted by atomic mass is 10.0. The third-order valence-corrected chi connectivity index (χ3v) is 2.76. The smallest absolute Gasteiger partial charge is 0.232 e. The zero-order valence-electron chi connectivity index (χ0n) is 8.58. The molecule has 0 aromatic carbocycles. The first kappa shape index (κ1) is 12.8. The van der Waals surface area contributed by atoms with Crippen LogP contribution >= 0.6 is 23.2 Å². The Labute approximate surface area is 99.9 Å². The van der Waals surface area contributed by atoms with Crippen molar-refractivity contribution in [1.82, 2.24) is 0 Å². The number of halogens is 2. The second-order valence-electron chi connectivity index (χ2n) is 3.45. The highest BCUT2D eigenvalue weighted by molar-refractivity contribution is 6.64. The molecule has 0 spiro atoms. The molecule has 0 bridgehead atoms. The van der Waals surface area contributed by atoms with Gasteiger partial charge in [-0.1, -0.05) is 37.1 Å². The van der Waals surface area contributed by atoms with Crippen LogP contribution in [-0.4, -0.2) is 16.9 Å². The van der Waals surface area contributed by atoms with Crippen LogP contribution in [0.4, 0.5) is 0 Å². The number of allylic oxidation sites excluding steroid dienone is 2. The molecule has 0 aromatic rings. The monoisotopic (exact) mass is 248 g/mol. The summed E-state index contributed by atoms with van der Waals surface area (Å²) in [4.78, 5) is 10.8. The first-order valence-corrected chi connectivity index (χ1v) is 5.74. The standard InChI is InChI=1S/C11H14Cl2O2/c1-2-3-8-15-11(13)6-4-9(5-7-11)10(12)14/h4-7,9H,2-3,8H2,1H3. The van der Waals surface area contributed by atoms with Crippen LogP contribution in [0.2, 0.25) is 0 Å². The van der Waals surface area contributed by atoms with Gasteiger partial charge in [-0.3, -0.25) is 4.79 Å². The molecule has 1 aliphatic rings. The van der Waals surface area contributed by atoms with Crippen molar-refractivity contribution >= 4 is 28.4 Å². The van der Waals surface area contributed by atoms with Gasteiger partial charge in [0.25, 0.3) is 0 Å². The van der Waals surface area contributed by atoms with Crippen molar-refractivity contribution in [3.8, 4) is 0 Å². The third-order valence-electron chi connectivity index (χ3n) is 2.14. The van der Waals surface area contributed by atoms with Crippen molar-refractivity contribution in [3.05, 3.63) is 24.3 Å².